The molecule has 2 heterocycles. The van der Waals surface area contributed by atoms with E-state index in [2.05, 4.69) is 0 Å². The highest BCUT2D eigenvalue weighted by Gasteiger charge is 2.51. The fourth-order valence-electron chi connectivity index (χ4n) is 4.09. The van der Waals surface area contributed by atoms with Crippen molar-refractivity contribution in [3.63, 3.8) is 0 Å². The fourth-order valence-corrected chi connectivity index (χ4v) is 4.61. The van der Waals surface area contributed by atoms with Crippen LogP contribution in [0.3, 0.4) is 0 Å². The van der Waals surface area contributed by atoms with E-state index in [1.807, 2.05) is 0 Å². The van der Waals surface area contributed by atoms with Gasteiger partial charge in [0.25, 0.3) is 5.91 Å². The van der Waals surface area contributed by atoms with Crippen LogP contribution in [0.4, 0.5) is 28.9 Å². The van der Waals surface area contributed by atoms with Crippen molar-refractivity contribution >= 4 is 40.6 Å². The Labute approximate surface area is 208 Å². The zero-order valence-corrected chi connectivity index (χ0v) is 19.9. The molecule has 12 heteroatoms. The van der Waals surface area contributed by atoms with Crippen LogP contribution in [0.25, 0.3) is 0 Å². The molecule has 0 aliphatic carbocycles. The fraction of sp³-hybridized carbons (Fsp3) is 0.333. The number of hydrogen-bond acceptors (Lipinski definition) is 6. The molecule has 4 rings (SSSR count). The molecule has 1 unspecified atom stereocenters. The maximum atomic E-state index is 14.9. The van der Waals surface area contributed by atoms with Crippen molar-refractivity contribution in [2.24, 2.45) is 0 Å². The van der Waals surface area contributed by atoms with Crippen molar-refractivity contribution in [3.05, 3.63) is 58.9 Å². The molecule has 0 bridgehead atoms. The number of anilines is 2. The number of thiocarbonyl (C=S) groups is 1. The van der Waals surface area contributed by atoms with Gasteiger partial charge < -0.3 is 14.4 Å². The average molecular weight is 521 g/mol. The second-order valence-corrected chi connectivity index (χ2v) is 9.08. The lowest BCUT2D eigenvalue weighted by atomic mass is 10.0. The molecular weight excluding hydrogens is 502 g/mol. The van der Waals surface area contributed by atoms with Crippen LogP contribution in [0, 0.1) is 17.1 Å². The maximum absolute atomic E-state index is 14.9. The lowest BCUT2D eigenvalue weighted by molar-refractivity contribution is -0.137. The van der Waals surface area contributed by atoms with Gasteiger partial charge in [0.05, 0.1) is 41.7 Å². The molecule has 0 spiro atoms. The van der Waals surface area contributed by atoms with E-state index in [0.717, 1.165) is 17.0 Å². The quantitative estimate of drug-likeness (QED) is 0.331. The van der Waals surface area contributed by atoms with Gasteiger partial charge in [0.1, 0.15) is 17.5 Å². The predicted molar refractivity (Wildman–Crippen MR) is 124 cm³/mol. The summed E-state index contributed by atoms with van der Waals surface area (Å²) in [7, 11) is 0. The Morgan fingerprint density at radius 1 is 1.22 bits per heavy atom. The number of carbonyl (C=O) groups excluding carboxylic acids is 2. The van der Waals surface area contributed by atoms with Crippen LogP contribution in [0.5, 0.6) is 0 Å². The third kappa shape index (κ3) is 4.40. The normalized spacial score (nSPS) is 19.5. The van der Waals surface area contributed by atoms with Gasteiger partial charge in [0, 0.05) is 12.1 Å². The Morgan fingerprint density at radius 3 is 2.50 bits per heavy atom. The largest absolute Gasteiger partial charge is 0.456 e. The first-order valence-electron chi connectivity index (χ1n) is 10.7. The Bertz CT molecular complexity index is 1300. The molecule has 0 radical (unpaired) electrons. The smallest absolute Gasteiger partial charge is 0.417 e. The van der Waals surface area contributed by atoms with E-state index >= 15 is 0 Å². The number of nitriles is 1. The van der Waals surface area contributed by atoms with Gasteiger partial charge in [-0.25, -0.2) is 9.18 Å². The van der Waals surface area contributed by atoms with E-state index in [9.17, 15) is 27.2 Å². The number of amides is 1. The van der Waals surface area contributed by atoms with Crippen LogP contribution in [0.1, 0.15) is 41.8 Å². The van der Waals surface area contributed by atoms with E-state index in [0.29, 0.717) is 19.1 Å². The van der Waals surface area contributed by atoms with Gasteiger partial charge in [-0.1, -0.05) is 0 Å². The van der Waals surface area contributed by atoms with Gasteiger partial charge in [-0.3, -0.25) is 9.69 Å². The number of alkyl halides is 3. The van der Waals surface area contributed by atoms with E-state index in [1.54, 1.807) is 0 Å². The summed E-state index contributed by atoms with van der Waals surface area (Å²) < 4.78 is 65.7. The highest BCUT2D eigenvalue weighted by atomic mass is 32.1. The highest BCUT2D eigenvalue weighted by Crippen LogP contribution is 2.40. The van der Waals surface area contributed by atoms with Crippen molar-refractivity contribution in [2.75, 3.05) is 23.0 Å². The van der Waals surface area contributed by atoms with E-state index in [-0.39, 0.29) is 28.7 Å². The molecule has 7 nitrogen and oxygen atoms in total. The first-order chi connectivity index (χ1) is 16.9. The van der Waals surface area contributed by atoms with Crippen LogP contribution >= 0.6 is 12.2 Å². The minimum atomic E-state index is -4.83. The van der Waals surface area contributed by atoms with Crippen LogP contribution in [-0.2, 0) is 20.4 Å². The van der Waals surface area contributed by atoms with Crippen molar-refractivity contribution < 1.29 is 36.6 Å². The van der Waals surface area contributed by atoms with Gasteiger partial charge in [-0.15, -0.1) is 0 Å². The lowest BCUT2D eigenvalue weighted by Crippen LogP contribution is -2.44. The van der Waals surface area contributed by atoms with Crippen LogP contribution in [0.2, 0.25) is 0 Å². The molecular formula is C24H19F4N3O4S. The molecule has 36 heavy (non-hydrogen) atoms. The summed E-state index contributed by atoms with van der Waals surface area (Å²) in [5.41, 5.74) is -3.61. The number of nitrogens with zero attached hydrogens (tertiary/aromatic N) is 3. The number of halogens is 4. The molecule has 2 aliphatic rings. The predicted octanol–water partition coefficient (Wildman–Crippen LogP) is 4.58. The zero-order valence-electron chi connectivity index (χ0n) is 19.1. The Balaban J connectivity index is 1.67. The standard InChI is InChI=1S/C24H19F4N3O4S/c1-23(2)21(33)30(14-4-3-13(11-29)18(9-14)24(26,27)28)22(36)31(23)15-5-6-17(19(25)10-15)20(32)35-16-7-8-34-12-16/h3-6,9-10,16H,7-8,12H2,1-2H3. The van der Waals surface area contributed by atoms with Gasteiger partial charge >= 0.3 is 12.1 Å². The highest BCUT2D eigenvalue weighted by molar-refractivity contribution is 7.81. The number of benzene rings is 2. The van der Waals surface area contributed by atoms with Crippen molar-refractivity contribution in [1.29, 1.82) is 5.26 Å². The molecule has 0 N–H and O–H groups in total. The third-order valence-corrected chi connectivity index (χ3v) is 6.31. The lowest BCUT2D eigenvalue weighted by Gasteiger charge is -2.29. The molecule has 2 aliphatic heterocycles. The van der Waals surface area contributed by atoms with Gasteiger partial charge in [-0.05, 0) is 62.5 Å². The summed E-state index contributed by atoms with van der Waals surface area (Å²) >= 11 is 5.43. The van der Waals surface area contributed by atoms with E-state index < -0.39 is 46.6 Å². The van der Waals surface area contributed by atoms with E-state index in [4.69, 9.17) is 27.0 Å². The molecule has 0 saturated carbocycles. The summed E-state index contributed by atoms with van der Waals surface area (Å²) in [4.78, 5) is 27.8. The summed E-state index contributed by atoms with van der Waals surface area (Å²) in [5, 5.41) is 8.85. The van der Waals surface area contributed by atoms with Gasteiger partial charge in [0.2, 0.25) is 0 Å². The second kappa shape index (κ2) is 9.15. The van der Waals surface area contributed by atoms with Crippen LogP contribution < -0.4 is 9.80 Å². The Kier molecular flexibility index (Phi) is 6.49. The number of carbonyl (C=O) groups is 2. The molecule has 1 amide bonds. The molecule has 1 atom stereocenters. The molecule has 0 aromatic heterocycles. The number of rotatable bonds is 4. The summed E-state index contributed by atoms with van der Waals surface area (Å²) in [6.07, 6.45) is -4.80. The molecule has 2 fully saturated rings. The second-order valence-electron chi connectivity index (χ2n) is 8.71. The van der Waals surface area contributed by atoms with Crippen LogP contribution in [0.15, 0.2) is 36.4 Å². The molecule has 2 aromatic rings. The Hall–Kier alpha value is -3.56. The van der Waals surface area contributed by atoms with Crippen LogP contribution in [-0.4, -0.2) is 41.8 Å². The first-order valence-corrected chi connectivity index (χ1v) is 11.2. The minimum Gasteiger partial charge on any atom is -0.456 e. The number of esters is 1. The molecule has 2 saturated heterocycles. The number of hydrogen-bond donors (Lipinski definition) is 0. The monoisotopic (exact) mass is 521 g/mol. The molecule has 2 aromatic carbocycles. The topological polar surface area (TPSA) is 82.9 Å². The third-order valence-electron chi connectivity index (χ3n) is 5.95. The van der Waals surface area contributed by atoms with Crippen molar-refractivity contribution in [3.8, 4) is 6.07 Å². The van der Waals surface area contributed by atoms with Gasteiger partial charge in [-0.2, -0.15) is 18.4 Å². The van der Waals surface area contributed by atoms with E-state index in [1.165, 1.54) is 43.0 Å². The summed E-state index contributed by atoms with van der Waals surface area (Å²) in [5.74, 6) is -2.44. The van der Waals surface area contributed by atoms with Crippen molar-refractivity contribution in [1.82, 2.24) is 0 Å². The average Bonchev–Trinajstić information content (AvgIpc) is 3.37. The zero-order chi connectivity index (χ0) is 26.4. The molecule has 188 valence electrons. The minimum absolute atomic E-state index is 0.115. The SMILES string of the molecule is CC1(C)C(=O)N(c2ccc(C#N)c(C(F)(F)F)c2)C(=S)N1c1ccc(C(=O)OC2CCOC2)c(F)c1. The van der Waals surface area contributed by atoms with Crippen molar-refractivity contribution in [2.45, 2.75) is 38.1 Å². The van der Waals surface area contributed by atoms with Gasteiger partial charge in [0.15, 0.2) is 5.11 Å². The maximum Gasteiger partial charge on any atom is 0.417 e. The summed E-state index contributed by atoms with van der Waals surface area (Å²) in [6.45, 7) is 3.63. The summed E-state index contributed by atoms with van der Waals surface area (Å²) in [6, 6.07) is 7.87. The number of ether oxygens (including phenoxy) is 2. The first kappa shape index (κ1) is 25.5. The Morgan fingerprint density at radius 2 is 1.92 bits per heavy atom.